The molecule has 3 rings (SSSR count). The van der Waals surface area contributed by atoms with Gasteiger partial charge in [-0.2, -0.15) is 11.8 Å². The highest BCUT2D eigenvalue weighted by Gasteiger charge is 2.34. The van der Waals surface area contributed by atoms with E-state index in [2.05, 4.69) is 49.7 Å². The van der Waals surface area contributed by atoms with Crippen LogP contribution in [-0.2, 0) is 5.41 Å². The molecule has 1 fully saturated rings. The van der Waals surface area contributed by atoms with E-state index in [1.807, 2.05) is 11.8 Å². The van der Waals surface area contributed by atoms with Gasteiger partial charge in [0, 0.05) is 17.3 Å². The van der Waals surface area contributed by atoms with Crippen LogP contribution in [0.2, 0.25) is 0 Å². The summed E-state index contributed by atoms with van der Waals surface area (Å²) in [4.78, 5) is 0. The molecule has 0 radical (unpaired) electrons. The summed E-state index contributed by atoms with van der Waals surface area (Å²) in [6.07, 6.45) is 8.92. The second-order valence-electron chi connectivity index (χ2n) is 7.10. The summed E-state index contributed by atoms with van der Waals surface area (Å²) in [6, 6.07) is 10.4. The molecule has 0 bridgehead atoms. The number of benzene rings is 1. The molecule has 0 aromatic heterocycles. The third-order valence-electron chi connectivity index (χ3n) is 5.28. The van der Waals surface area contributed by atoms with Gasteiger partial charge in [-0.05, 0) is 54.9 Å². The maximum atomic E-state index is 3.96. The molecule has 2 heteroatoms. The molecule has 1 saturated carbocycles. The molecule has 0 heterocycles. The number of hydrogen-bond donors (Lipinski definition) is 1. The van der Waals surface area contributed by atoms with Crippen LogP contribution in [0, 0.1) is 0 Å². The van der Waals surface area contributed by atoms with Gasteiger partial charge in [0.15, 0.2) is 0 Å². The van der Waals surface area contributed by atoms with E-state index in [9.17, 15) is 0 Å². The highest BCUT2D eigenvalue weighted by Crippen LogP contribution is 2.42. The smallest absolute Gasteiger partial charge is 0.0325 e. The zero-order valence-electron chi connectivity index (χ0n) is 13.0. The van der Waals surface area contributed by atoms with E-state index in [0.717, 1.165) is 11.3 Å². The quantitative estimate of drug-likeness (QED) is 0.867. The maximum absolute atomic E-state index is 3.96. The molecule has 2 aliphatic rings. The molecule has 3 unspecified atom stereocenters. The molecule has 20 heavy (non-hydrogen) atoms. The SMILES string of the molecule is CSC1CCC(NC2CCC(C)(C)c3ccccc32)C1. The molecule has 0 aliphatic heterocycles. The van der Waals surface area contributed by atoms with E-state index in [1.54, 1.807) is 11.1 Å². The van der Waals surface area contributed by atoms with Gasteiger partial charge < -0.3 is 5.32 Å². The van der Waals surface area contributed by atoms with Crippen molar-refractivity contribution in [1.82, 2.24) is 5.32 Å². The monoisotopic (exact) mass is 289 g/mol. The number of nitrogens with one attached hydrogen (secondary N) is 1. The van der Waals surface area contributed by atoms with Gasteiger partial charge in [-0.25, -0.2) is 0 Å². The highest BCUT2D eigenvalue weighted by atomic mass is 32.2. The topological polar surface area (TPSA) is 12.0 Å². The summed E-state index contributed by atoms with van der Waals surface area (Å²) in [5.74, 6) is 0. The predicted molar refractivity (Wildman–Crippen MR) is 89.5 cm³/mol. The van der Waals surface area contributed by atoms with Crippen LogP contribution in [0.25, 0.3) is 0 Å². The van der Waals surface area contributed by atoms with Gasteiger partial charge >= 0.3 is 0 Å². The zero-order valence-corrected chi connectivity index (χ0v) is 13.8. The summed E-state index contributed by atoms with van der Waals surface area (Å²) in [7, 11) is 0. The molecular weight excluding hydrogens is 262 g/mol. The third kappa shape index (κ3) is 2.78. The summed E-state index contributed by atoms with van der Waals surface area (Å²) in [6.45, 7) is 4.78. The average Bonchev–Trinajstić information content (AvgIpc) is 2.90. The summed E-state index contributed by atoms with van der Waals surface area (Å²) >= 11 is 2.04. The Morgan fingerprint density at radius 1 is 1.15 bits per heavy atom. The molecule has 0 spiro atoms. The maximum Gasteiger partial charge on any atom is 0.0325 e. The number of rotatable bonds is 3. The van der Waals surface area contributed by atoms with Crippen LogP contribution in [0.15, 0.2) is 24.3 Å². The van der Waals surface area contributed by atoms with Crippen LogP contribution in [0.5, 0.6) is 0 Å². The van der Waals surface area contributed by atoms with Crippen LogP contribution in [0.1, 0.15) is 63.1 Å². The molecule has 2 aliphatic carbocycles. The lowest BCUT2D eigenvalue weighted by Crippen LogP contribution is -2.37. The first-order valence-corrected chi connectivity index (χ1v) is 9.27. The van der Waals surface area contributed by atoms with Crippen LogP contribution < -0.4 is 5.32 Å². The third-order valence-corrected chi connectivity index (χ3v) is 6.37. The molecule has 3 atom stereocenters. The van der Waals surface area contributed by atoms with Gasteiger partial charge in [-0.15, -0.1) is 0 Å². The van der Waals surface area contributed by atoms with Crippen LogP contribution in [0.3, 0.4) is 0 Å². The van der Waals surface area contributed by atoms with Crippen LogP contribution in [-0.4, -0.2) is 17.5 Å². The van der Waals surface area contributed by atoms with E-state index in [0.29, 0.717) is 11.5 Å². The Morgan fingerprint density at radius 2 is 1.95 bits per heavy atom. The molecule has 1 nitrogen and oxygen atoms in total. The van der Waals surface area contributed by atoms with Gasteiger partial charge in [-0.1, -0.05) is 38.1 Å². The fraction of sp³-hybridized carbons (Fsp3) is 0.667. The minimum absolute atomic E-state index is 0.340. The fourth-order valence-electron chi connectivity index (χ4n) is 3.98. The Hall–Kier alpha value is -0.470. The predicted octanol–water partition coefficient (Wildman–Crippen LogP) is 4.67. The van der Waals surface area contributed by atoms with Crippen LogP contribution >= 0.6 is 11.8 Å². The summed E-state index contributed by atoms with van der Waals surface area (Å²) in [5.41, 5.74) is 3.45. The Balaban J connectivity index is 1.76. The largest absolute Gasteiger partial charge is 0.307 e. The Kier molecular flexibility index (Phi) is 4.14. The van der Waals surface area contributed by atoms with E-state index in [4.69, 9.17) is 0 Å². The normalized spacial score (nSPS) is 32.0. The van der Waals surface area contributed by atoms with E-state index < -0.39 is 0 Å². The van der Waals surface area contributed by atoms with E-state index in [1.165, 1.54) is 32.1 Å². The molecule has 1 aromatic carbocycles. The standard InChI is InChI=1S/C18H27NS/c1-18(2)11-10-17(15-6-4-5-7-16(15)18)19-13-8-9-14(12-13)20-3/h4-7,13-14,17,19H,8-12H2,1-3H3. The zero-order chi connectivity index (χ0) is 14.2. The highest BCUT2D eigenvalue weighted by molar-refractivity contribution is 7.99. The lowest BCUT2D eigenvalue weighted by atomic mass is 9.71. The van der Waals surface area contributed by atoms with Crippen molar-refractivity contribution in [3.05, 3.63) is 35.4 Å². The van der Waals surface area contributed by atoms with Crippen molar-refractivity contribution in [3.8, 4) is 0 Å². The Bertz CT molecular complexity index is 468. The molecule has 0 amide bonds. The molecular formula is C18H27NS. The van der Waals surface area contributed by atoms with Gasteiger partial charge in [0.1, 0.15) is 0 Å². The van der Waals surface area contributed by atoms with E-state index in [-0.39, 0.29) is 0 Å². The van der Waals surface area contributed by atoms with Gasteiger partial charge in [0.25, 0.3) is 0 Å². The number of thioether (sulfide) groups is 1. The van der Waals surface area contributed by atoms with Crippen molar-refractivity contribution in [2.75, 3.05) is 6.26 Å². The molecule has 110 valence electrons. The van der Waals surface area contributed by atoms with Crippen molar-refractivity contribution in [3.63, 3.8) is 0 Å². The summed E-state index contributed by atoms with van der Waals surface area (Å²) < 4.78 is 0. The fourth-order valence-corrected chi connectivity index (χ4v) is 4.77. The van der Waals surface area contributed by atoms with Crippen molar-refractivity contribution in [1.29, 1.82) is 0 Å². The second kappa shape index (κ2) is 5.73. The minimum atomic E-state index is 0.340. The van der Waals surface area contributed by atoms with Crippen molar-refractivity contribution < 1.29 is 0 Å². The lowest BCUT2D eigenvalue weighted by Gasteiger charge is -2.38. The Morgan fingerprint density at radius 3 is 2.70 bits per heavy atom. The van der Waals surface area contributed by atoms with Gasteiger partial charge in [-0.3, -0.25) is 0 Å². The summed E-state index contributed by atoms with van der Waals surface area (Å²) in [5, 5.41) is 4.84. The minimum Gasteiger partial charge on any atom is -0.307 e. The number of fused-ring (bicyclic) bond motifs is 1. The first-order valence-electron chi connectivity index (χ1n) is 7.98. The molecule has 0 saturated heterocycles. The number of hydrogen-bond acceptors (Lipinski definition) is 2. The van der Waals surface area contributed by atoms with Gasteiger partial charge in [0.05, 0.1) is 0 Å². The second-order valence-corrected chi connectivity index (χ2v) is 8.23. The molecule has 1 aromatic rings. The average molecular weight is 289 g/mol. The van der Waals surface area contributed by atoms with Crippen molar-refractivity contribution in [2.45, 2.75) is 68.7 Å². The first kappa shape index (κ1) is 14.5. The van der Waals surface area contributed by atoms with Crippen molar-refractivity contribution >= 4 is 11.8 Å². The van der Waals surface area contributed by atoms with Crippen LogP contribution in [0.4, 0.5) is 0 Å². The lowest BCUT2D eigenvalue weighted by molar-refractivity contribution is 0.333. The van der Waals surface area contributed by atoms with Gasteiger partial charge in [0.2, 0.25) is 0 Å². The first-order chi connectivity index (χ1) is 9.60. The Labute approximate surface area is 127 Å². The van der Waals surface area contributed by atoms with Crippen molar-refractivity contribution in [2.24, 2.45) is 0 Å². The van der Waals surface area contributed by atoms with E-state index >= 15 is 0 Å². The molecule has 1 N–H and O–H groups in total.